The number of rotatable bonds is 5. The number of nitrogens with zero attached hydrogens (tertiary/aromatic N) is 2. The lowest BCUT2D eigenvalue weighted by Gasteiger charge is -2.10. The lowest BCUT2D eigenvalue weighted by Crippen LogP contribution is -2.21. The van der Waals surface area contributed by atoms with Crippen LogP contribution in [0.15, 0.2) is 94.4 Å². The lowest BCUT2D eigenvalue weighted by atomic mass is 10.1. The number of carbonyl (C=O) groups excluding carboxylic acids is 1. The van der Waals surface area contributed by atoms with Crippen molar-refractivity contribution in [2.24, 2.45) is 5.10 Å². The van der Waals surface area contributed by atoms with Gasteiger partial charge < -0.3 is 5.11 Å². The van der Waals surface area contributed by atoms with Crippen LogP contribution in [-0.4, -0.2) is 22.5 Å². The fraction of sp³-hybridized carbons (Fsp3) is 0.0435. The molecule has 1 N–H and O–H groups in total. The number of phenolic OH excluding ortho intramolecular Hbond substituents is 1. The first kappa shape index (κ1) is 19.3. The molecule has 3 aromatic rings. The normalized spacial score (nSPS) is 15.1. The summed E-state index contributed by atoms with van der Waals surface area (Å²) in [5, 5.41) is 16.2. The number of hydrazone groups is 1. The fourth-order valence-electron chi connectivity index (χ4n) is 2.87. The number of amides is 1. The maximum absolute atomic E-state index is 13.1. The smallest absolute Gasteiger partial charge is 0.280 e. The molecule has 0 saturated carbocycles. The molecule has 0 bridgehead atoms. The van der Waals surface area contributed by atoms with Gasteiger partial charge in [0.05, 0.1) is 17.0 Å². The van der Waals surface area contributed by atoms with Crippen LogP contribution in [0.25, 0.3) is 6.08 Å². The van der Waals surface area contributed by atoms with Gasteiger partial charge in [-0.05, 0) is 60.2 Å². The van der Waals surface area contributed by atoms with E-state index in [1.807, 2.05) is 60.7 Å². The first-order chi connectivity index (χ1) is 14.1. The highest BCUT2D eigenvalue weighted by atomic mass is 35.5. The molecule has 0 atom stereocenters. The molecule has 0 aliphatic carbocycles. The highest BCUT2D eigenvalue weighted by molar-refractivity contribution is 8.00. The summed E-state index contributed by atoms with van der Waals surface area (Å²) in [4.78, 5) is 14.2. The molecule has 1 amide bonds. The van der Waals surface area contributed by atoms with E-state index in [9.17, 15) is 9.90 Å². The van der Waals surface area contributed by atoms with Gasteiger partial charge in [-0.2, -0.15) is 10.1 Å². The average Bonchev–Trinajstić information content (AvgIpc) is 3.05. The van der Waals surface area contributed by atoms with Gasteiger partial charge in [-0.25, -0.2) is 0 Å². The van der Waals surface area contributed by atoms with Crippen molar-refractivity contribution in [2.45, 2.75) is 4.90 Å². The van der Waals surface area contributed by atoms with Crippen molar-refractivity contribution in [3.05, 3.63) is 95.0 Å². The highest BCUT2D eigenvalue weighted by Crippen LogP contribution is 2.29. The summed E-state index contributed by atoms with van der Waals surface area (Å²) in [7, 11) is 0. The standard InChI is InChI=1S/C23H17ClN2O2S/c24-17-8-12-20(13-9-17)29-15-22-21(14-16-6-10-19(27)11-7-16)23(28)26(25-22)18-4-2-1-3-5-18/h1-14,27H,15H2/b21-14+. The molecule has 6 heteroatoms. The Hall–Kier alpha value is -3.02. The predicted molar refractivity (Wildman–Crippen MR) is 120 cm³/mol. The fourth-order valence-corrected chi connectivity index (χ4v) is 3.84. The summed E-state index contributed by atoms with van der Waals surface area (Å²) in [6.07, 6.45) is 1.81. The monoisotopic (exact) mass is 420 g/mol. The van der Waals surface area contributed by atoms with Crippen LogP contribution in [-0.2, 0) is 4.79 Å². The minimum absolute atomic E-state index is 0.170. The molecule has 0 spiro atoms. The van der Waals surface area contributed by atoms with E-state index in [1.54, 1.807) is 36.0 Å². The number of carbonyl (C=O) groups is 1. The highest BCUT2D eigenvalue weighted by Gasteiger charge is 2.31. The number of hydrogen-bond donors (Lipinski definition) is 1. The molecule has 0 fully saturated rings. The van der Waals surface area contributed by atoms with Crippen LogP contribution < -0.4 is 5.01 Å². The van der Waals surface area contributed by atoms with Crippen LogP contribution in [0.1, 0.15) is 5.56 Å². The van der Waals surface area contributed by atoms with Crippen LogP contribution in [0.2, 0.25) is 5.02 Å². The van der Waals surface area contributed by atoms with Crippen molar-refractivity contribution in [2.75, 3.05) is 10.8 Å². The van der Waals surface area contributed by atoms with E-state index in [0.717, 1.165) is 16.1 Å². The molecule has 1 aliphatic heterocycles. The topological polar surface area (TPSA) is 52.9 Å². The molecule has 1 aliphatic rings. The number of anilines is 1. The van der Waals surface area contributed by atoms with E-state index in [-0.39, 0.29) is 11.7 Å². The minimum Gasteiger partial charge on any atom is -0.508 e. The Morgan fingerprint density at radius 3 is 2.34 bits per heavy atom. The van der Waals surface area contributed by atoms with Crippen LogP contribution in [0.4, 0.5) is 5.69 Å². The Bertz CT molecular complexity index is 1080. The van der Waals surface area contributed by atoms with Crippen molar-refractivity contribution >= 4 is 46.7 Å². The number of benzene rings is 3. The third-order valence-corrected chi connectivity index (χ3v) is 5.62. The molecule has 29 heavy (non-hydrogen) atoms. The van der Waals surface area contributed by atoms with Gasteiger partial charge in [0, 0.05) is 15.7 Å². The van der Waals surface area contributed by atoms with Crippen LogP contribution >= 0.6 is 23.4 Å². The Labute approximate surface area is 178 Å². The van der Waals surface area contributed by atoms with Gasteiger partial charge in [0.2, 0.25) is 0 Å². The second kappa shape index (κ2) is 8.55. The quantitative estimate of drug-likeness (QED) is 0.430. The van der Waals surface area contributed by atoms with E-state index in [0.29, 0.717) is 22.1 Å². The first-order valence-corrected chi connectivity index (χ1v) is 10.3. The van der Waals surface area contributed by atoms with Crippen LogP contribution in [0.3, 0.4) is 0 Å². The Balaban J connectivity index is 1.65. The van der Waals surface area contributed by atoms with Gasteiger partial charge in [0.1, 0.15) is 5.75 Å². The van der Waals surface area contributed by atoms with Gasteiger partial charge in [-0.1, -0.05) is 41.9 Å². The summed E-state index contributed by atoms with van der Waals surface area (Å²) in [5.74, 6) is 0.555. The van der Waals surface area contributed by atoms with E-state index in [1.165, 1.54) is 5.01 Å². The predicted octanol–water partition coefficient (Wildman–Crippen LogP) is 5.62. The molecule has 144 valence electrons. The van der Waals surface area contributed by atoms with Gasteiger partial charge in [-0.15, -0.1) is 11.8 Å². The van der Waals surface area contributed by atoms with Crippen LogP contribution in [0, 0.1) is 0 Å². The maximum Gasteiger partial charge on any atom is 0.280 e. The summed E-state index contributed by atoms with van der Waals surface area (Å²) >= 11 is 7.55. The van der Waals surface area contributed by atoms with Crippen molar-refractivity contribution in [1.82, 2.24) is 0 Å². The zero-order valence-corrected chi connectivity index (χ0v) is 16.9. The summed E-state index contributed by atoms with van der Waals surface area (Å²) in [6, 6.07) is 23.7. The third kappa shape index (κ3) is 4.53. The van der Waals surface area contributed by atoms with Crippen LogP contribution in [0.5, 0.6) is 5.75 Å². The first-order valence-electron chi connectivity index (χ1n) is 8.96. The van der Waals surface area contributed by atoms with Gasteiger partial charge >= 0.3 is 0 Å². The number of phenols is 1. The average molecular weight is 421 g/mol. The zero-order chi connectivity index (χ0) is 20.2. The maximum atomic E-state index is 13.1. The number of aromatic hydroxyl groups is 1. The van der Waals surface area contributed by atoms with E-state index in [4.69, 9.17) is 11.6 Å². The van der Waals surface area contributed by atoms with Crippen molar-refractivity contribution in [3.8, 4) is 5.75 Å². The molecule has 1 heterocycles. The minimum atomic E-state index is -0.170. The van der Waals surface area contributed by atoms with Crippen molar-refractivity contribution in [1.29, 1.82) is 0 Å². The second-order valence-corrected chi connectivity index (χ2v) is 7.88. The zero-order valence-electron chi connectivity index (χ0n) is 15.3. The van der Waals surface area contributed by atoms with E-state index < -0.39 is 0 Å². The molecule has 4 nitrogen and oxygen atoms in total. The lowest BCUT2D eigenvalue weighted by molar-refractivity contribution is -0.114. The molecule has 0 aromatic heterocycles. The van der Waals surface area contributed by atoms with Gasteiger partial charge in [-0.3, -0.25) is 4.79 Å². The molecule has 0 unspecified atom stereocenters. The Kier molecular flexibility index (Phi) is 5.69. The number of para-hydroxylation sites is 1. The molecular formula is C23H17ClN2O2S. The molecule has 0 radical (unpaired) electrons. The largest absolute Gasteiger partial charge is 0.508 e. The Morgan fingerprint density at radius 2 is 1.66 bits per heavy atom. The summed E-state index contributed by atoms with van der Waals surface area (Å²) < 4.78 is 0. The summed E-state index contributed by atoms with van der Waals surface area (Å²) in [6.45, 7) is 0. The SMILES string of the molecule is O=C1/C(=C/c2ccc(O)cc2)C(CSc2ccc(Cl)cc2)=NN1c1ccccc1. The summed E-state index contributed by atoms with van der Waals surface area (Å²) in [5.41, 5.74) is 2.79. The van der Waals surface area contributed by atoms with Gasteiger partial charge in [0.25, 0.3) is 5.91 Å². The molecule has 3 aromatic carbocycles. The molecule has 4 rings (SSSR count). The number of thioether (sulfide) groups is 1. The van der Waals surface area contributed by atoms with Crippen molar-refractivity contribution in [3.63, 3.8) is 0 Å². The number of hydrogen-bond acceptors (Lipinski definition) is 4. The van der Waals surface area contributed by atoms with Gasteiger partial charge in [0.15, 0.2) is 0 Å². The molecular weight excluding hydrogens is 404 g/mol. The third-order valence-electron chi connectivity index (χ3n) is 4.35. The Morgan fingerprint density at radius 1 is 0.966 bits per heavy atom. The number of halogens is 1. The second-order valence-electron chi connectivity index (χ2n) is 6.39. The van der Waals surface area contributed by atoms with E-state index in [2.05, 4.69) is 5.10 Å². The van der Waals surface area contributed by atoms with Crippen molar-refractivity contribution < 1.29 is 9.90 Å². The van der Waals surface area contributed by atoms with E-state index >= 15 is 0 Å². The molecule has 0 saturated heterocycles.